The van der Waals surface area contributed by atoms with Crippen LogP contribution in [0.5, 0.6) is 0 Å². The van der Waals surface area contributed by atoms with Gasteiger partial charge in [0.15, 0.2) is 0 Å². The van der Waals surface area contributed by atoms with Crippen LogP contribution in [-0.2, 0) is 12.8 Å². The van der Waals surface area contributed by atoms with E-state index in [-0.39, 0.29) is 0 Å². The Labute approximate surface area is 140 Å². The Hall–Kier alpha value is -2.59. The summed E-state index contributed by atoms with van der Waals surface area (Å²) < 4.78 is 0. The van der Waals surface area contributed by atoms with E-state index in [0.29, 0.717) is 11.6 Å². The molecule has 0 amide bonds. The van der Waals surface area contributed by atoms with Gasteiger partial charge in [0.1, 0.15) is 0 Å². The Bertz CT molecular complexity index is 898. The average molecular weight is 320 g/mol. The second-order valence-electron chi connectivity index (χ2n) is 6.37. The fourth-order valence-corrected chi connectivity index (χ4v) is 3.68. The van der Waals surface area contributed by atoms with Gasteiger partial charge in [-0.25, -0.2) is 4.79 Å². The van der Waals surface area contributed by atoms with Gasteiger partial charge in [-0.05, 0) is 60.7 Å². The van der Waals surface area contributed by atoms with Crippen LogP contribution in [0.15, 0.2) is 48.7 Å². The highest BCUT2D eigenvalue weighted by molar-refractivity contribution is 5.88. The highest BCUT2D eigenvalue weighted by atomic mass is 16.4. The molecule has 0 saturated carbocycles. The molecule has 1 aromatic heterocycles. The molecular weight excluding hydrogens is 300 g/mol. The molecule has 1 atom stereocenters. The molecule has 4 rings (SSSR count). The van der Waals surface area contributed by atoms with Crippen LogP contribution in [0.1, 0.15) is 39.5 Å². The quantitative estimate of drug-likeness (QED) is 0.672. The number of H-pyrrole nitrogens is 1. The highest BCUT2D eigenvalue weighted by Gasteiger charge is 2.22. The van der Waals surface area contributed by atoms with Gasteiger partial charge >= 0.3 is 5.97 Å². The van der Waals surface area contributed by atoms with Crippen LogP contribution in [0, 0.1) is 0 Å². The molecule has 3 N–H and O–H groups in total. The highest BCUT2D eigenvalue weighted by Crippen LogP contribution is 2.31. The van der Waals surface area contributed by atoms with Crippen molar-refractivity contribution in [2.75, 3.05) is 6.54 Å². The van der Waals surface area contributed by atoms with E-state index < -0.39 is 5.97 Å². The van der Waals surface area contributed by atoms with Gasteiger partial charge in [0.2, 0.25) is 0 Å². The van der Waals surface area contributed by atoms with Gasteiger partial charge in [-0.1, -0.05) is 24.3 Å². The van der Waals surface area contributed by atoms with Crippen molar-refractivity contribution in [2.24, 2.45) is 0 Å². The number of nitrogens with one attached hydrogen (secondary N) is 2. The summed E-state index contributed by atoms with van der Waals surface area (Å²) in [5, 5.41) is 14.0. The predicted molar refractivity (Wildman–Crippen MR) is 94.5 cm³/mol. The van der Waals surface area contributed by atoms with Gasteiger partial charge in [0.05, 0.1) is 5.56 Å². The molecule has 24 heavy (non-hydrogen) atoms. The number of aryl methyl sites for hydroxylation is 1. The third-order valence-corrected chi connectivity index (χ3v) is 4.93. The molecule has 0 fully saturated rings. The number of benzene rings is 2. The number of aromatic amines is 1. The molecule has 0 radical (unpaired) electrons. The normalized spacial score (nSPS) is 16.4. The SMILES string of the molecule is O=C(O)c1ccc2c(c1)CCC2NCCc1c[nH]c2ccccc12. The lowest BCUT2D eigenvalue weighted by Gasteiger charge is -2.14. The van der Waals surface area contributed by atoms with E-state index in [4.69, 9.17) is 5.11 Å². The Balaban J connectivity index is 1.42. The van der Waals surface area contributed by atoms with Crippen molar-refractivity contribution >= 4 is 16.9 Å². The zero-order valence-electron chi connectivity index (χ0n) is 13.4. The Morgan fingerprint density at radius 2 is 2.12 bits per heavy atom. The molecule has 3 aromatic rings. The summed E-state index contributed by atoms with van der Waals surface area (Å²) in [7, 11) is 0. The van der Waals surface area contributed by atoms with Crippen LogP contribution >= 0.6 is 0 Å². The van der Waals surface area contributed by atoms with Crippen molar-refractivity contribution < 1.29 is 9.90 Å². The van der Waals surface area contributed by atoms with Gasteiger partial charge in [-0.3, -0.25) is 0 Å². The number of aromatic nitrogens is 1. The fourth-order valence-electron chi connectivity index (χ4n) is 3.68. The maximum atomic E-state index is 11.1. The molecule has 4 heteroatoms. The standard InChI is InChI=1S/C20H20N2O2/c23-20(24)14-5-7-17-13(11-14)6-8-19(17)21-10-9-15-12-22-18-4-2-1-3-16(15)18/h1-5,7,11-12,19,21-22H,6,8-10H2,(H,23,24). The van der Waals surface area contributed by atoms with Crippen LogP contribution in [0.2, 0.25) is 0 Å². The van der Waals surface area contributed by atoms with Gasteiger partial charge < -0.3 is 15.4 Å². The van der Waals surface area contributed by atoms with Crippen LogP contribution in [0.4, 0.5) is 0 Å². The van der Waals surface area contributed by atoms with Crippen LogP contribution in [0.25, 0.3) is 10.9 Å². The Morgan fingerprint density at radius 3 is 3.00 bits per heavy atom. The number of hydrogen-bond acceptors (Lipinski definition) is 2. The van der Waals surface area contributed by atoms with E-state index >= 15 is 0 Å². The number of fused-ring (bicyclic) bond motifs is 2. The first kappa shape index (κ1) is 15.0. The summed E-state index contributed by atoms with van der Waals surface area (Å²) in [6.07, 6.45) is 5.05. The molecule has 1 aliphatic rings. The van der Waals surface area contributed by atoms with Crippen LogP contribution < -0.4 is 5.32 Å². The van der Waals surface area contributed by atoms with Crippen molar-refractivity contribution in [2.45, 2.75) is 25.3 Å². The van der Waals surface area contributed by atoms with Crippen LogP contribution in [0.3, 0.4) is 0 Å². The van der Waals surface area contributed by atoms with E-state index in [2.05, 4.69) is 34.7 Å². The number of rotatable bonds is 5. The summed E-state index contributed by atoms with van der Waals surface area (Å²) >= 11 is 0. The van der Waals surface area contributed by atoms with E-state index in [1.165, 1.54) is 27.6 Å². The number of hydrogen-bond donors (Lipinski definition) is 3. The molecule has 1 heterocycles. The third-order valence-electron chi connectivity index (χ3n) is 4.93. The van der Waals surface area contributed by atoms with Crippen molar-refractivity contribution in [1.82, 2.24) is 10.3 Å². The molecule has 1 aliphatic carbocycles. The van der Waals surface area contributed by atoms with Crippen molar-refractivity contribution in [3.05, 3.63) is 70.9 Å². The van der Waals surface area contributed by atoms with E-state index in [1.54, 1.807) is 6.07 Å². The first-order valence-electron chi connectivity index (χ1n) is 8.37. The summed E-state index contributed by atoms with van der Waals surface area (Å²) in [5.74, 6) is -0.853. The minimum Gasteiger partial charge on any atom is -0.478 e. The maximum Gasteiger partial charge on any atom is 0.335 e. The molecule has 1 unspecified atom stereocenters. The van der Waals surface area contributed by atoms with Gasteiger partial charge in [-0.15, -0.1) is 0 Å². The zero-order valence-corrected chi connectivity index (χ0v) is 13.4. The number of carboxylic acid groups (broad SMARTS) is 1. The lowest BCUT2D eigenvalue weighted by Crippen LogP contribution is -2.21. The third kappa shape index (κ3) is 2.69. The molecule has 122 valence electrons. The van der Waals surface area contributed by atoms with Crippen molar-refractivity contribution in [1.29, 1.82) is 0 Å². The predicted octanol–water partition coefficient (Wildman–Crippen LogP) is 3.69. The Kier molecular flexibility index (Phi) is 3.82. The second kappa shape index (κ2) is 6.13. The second-order valence-corrected chi connectivity index (χ2v) is 6.37. The summed E-state index contributed by atoms with van der Waals surface area (Å²) in [5.41, 5.74) is 5.31. The summed E-state index contributed by atoms with van der Waals surface area (Å²) in [6.45, 7) is 0.909. The molecule has 0 saturated heterocycles. The first-order chi connectivity index (χ1) is 11.7. The fraction of sp³-hybridized carbons (Fsp3) is 0.250. The van der Waals surface area contributed by atoms with Crippen molar-refractivity contribution in [3.8, 4) is 0 Å². The number of para-hydroxylation sites is 1. The molecule has 0 aliphatic heterocycles. The lowest BCUT2D eigenvalue weighted by atomic mass is 10.0. The topological polar surface area (TPSA) is 65.1 Å². The van der Waals surface area contributed by atoms with Gasteiger partial charge in [0, 0.05) is 23.1 Å². The maximum absolute atomic E-state index is 11.1. The summed E-state index contributed by atoms with van der Waals surface area (Å²) in [6, 6.07) is 14.2. The lowest BCUT2D eigenvalue weighted by molar-refractivity contribution is 0.0697. The number of carbonyl (C=O) groups is 1. The number of aromatic carboxylic acids is 1. The molecule has 4 nitrogen and oxygen atoms in total. The minimum atomic E-state index is -0.853. The minimum absolute atomic E-state index is 0.327. The van der Waals surface area contributed by atoms with E-state index in [0.717, 1.165) is 25.8 Å². The first-order valence-corrected chi connectivity index (χ1v) is 8.37. The monoisotopic (exact) mass is 320 g/mol. The number of carboxylic acids is 1. The van der Waals surface area contributed by atoms with Gasteiger partial charge in [-0.2, -0.15) is 0 Å². The van der Waals surface area contributed by atoms with E-state index in [9.17, 15) is 4.79 Å². The van der Waals surface area contributed by atoms with Crippen LogP contribution in [-0.4, -0.2) is 22.6 Å². The Morgan fingerprint density at radius 1 is 1.25 bits per heavy atom. The molecular formula is C20H20N2O2. The van der Waals surface area contributed by atoms with E-state index in [1.807, 2.05) is 18.2 Å². The zero-order chi connectivity index (χ0) is 16.5. The summed E-state index contributed by atoms with van der Waals surface area (Å²) in [4.78, 5) is 14.4. The largest absolute Gasteiger partial charge is 0.478 e. The molecule has 0 spiro atoms. The van der Waals surface area contributed by atoms with Gasteiger partial charge in [0.25, 0.3) is 0 Å². The molecule has 2 aromatic carbocycles. The average Bonchev–Trinajstić information content (AvgIpc) is 3.19. The molecule has 0 bridgehead atoms. The van der Waals surface area contributed by atoms with Crippen molar-refractivity contribution in [3.63, 3.8) is 0 Å². The smallest absolute Gasteiger partial charge is 0.335 e.